The van der Waals surface area contributed by atoms with E-state index in [-0.39, 0.29) is 49.0 Å². The summed E-state index contributed by atoms with van der Waals surface area (Å²) in [5.74, 6) is -5.95. The first-order chi connectivity index (χ1) is 29.3. The predicted molar refractivity (Wildman–Crippen MR) is 227 cm³/mol. The van der Waals surface area contributed by atoms with Gasteiger partial charge in [-0.1, -0.05) is 45.1 Å². The molecule has 0 saturated heterocycles. The molecule has 64 heavy (non-hydrogen) atoms. The number of carboxylic acids is 1. The zero-order valence-corrected chi connectivity index (χ0v) is 38.0. The molecule has 0 bridgehead atoms. The van der Waals surface area contributed by atoms with Gasteiger partial charge in [0.2, 0.25) is 0 Å². The molecule has 15 heteroatoms. The summed E-state index contributed by atoms with van der Waals surface area (Å²) in [6.45, 7) is 15.4. The van der Waals surface area contributed by atoms with Gasteiger partial charge in [0.1, 0.15) is 25.0 Å². The van der Waals surface area contributed by atoms with E-state index in [9.17, 15) is 54.6 Å². The van der Waals surface area contributed by atoms with Gasteiger partial charge in [-0.25, -0.2) is 13.2 Å². The van der Waals surface area contributed by atoms with Gasteiger partial charge >= 0.3 is 5.97 Å². The predicted octanol–water partition coefficient (Wildman–Crippen LogP) is 4.78. The average Bonchev–Trinajstić information content (AvgIpc) is 3.55. The van der Waals surface area contributed by atoms with Gasteiger partial charge in [-0.3, -0.25) is 24.0 Å². The number of carbonyl (C=O) groups excluding carboxylic acids is 4. The smallest absolute Gasteiger partial charge is 0.308 e. The third-order valence-electron chi connectivity index (χ3n) is 17.8. The summed E-state index contributed by atoms with van der Waals surface area (Å²) in [6, 6.07) is 0. The van der Waals surface area contributed by atoms with Crippen LogP contribution in [0, 0.1) is 56.7 Å². The molecule has 0 radical (unpaired) electrons. The normalized spacial score (nSPS) is 47.4. The van der Waals surface area contributed by atoms with Gasteiger partial charge in [-0.05, 0) is 133 Å². The summed E-state index contributed by atoms with van der Waals surface area (Å²) in [7, 11) is 0. The summed E-state index contributed by atoms with van der Waals surface area (Å²) in [5, 5.41) is 71.9. The lowest BCUT2D eigenvalue weighted by Crippen LogP contribution is -2.70. The van der Waals surface area contributed by atoms with Crippen molar-refractivity contribution in [2.24, 2.45) is 56.7 Å². The van der Waals surface area contributed by atoms with Crippen LogP contribution in [0.1, 0.15) is 100 Å². The molecular formula is C49H65F3O12. The van der Waals surface area contributed by atoms with Crippen LogP contribution in [0.4, 0.5) is 13.2 Å². The van der Waals surface area contributed by atoms with E-state index in [0.29, 0.717) is 18.4 Å². The number of hydrogen-bond acceptors (Lipinski definition) is 11. The molecule has 8 aliphatic rings. The monoisotopic (exact) mass is 902 g/mol. The molecule has 0 aliphatic heterocycles. The fourth-order valence-electron chi connectivity index (χ4n) is 14.1. The Kier molecular flexibility index (Phi) is 12.3. The Morgan fingerprint density at radius 2 is 1.28 bits per heavy atom. The summed E-state index contributed by atoms with van der Waals surface area (Å²) in [4.78, 5) is 58.7. The largest absolute Gasteiger partial charge is 0.481 e. The Balaban J connectivity index is 0.000000185. The minimum atomic E-state index is -2.24. The van der Waals surface area contributed by atoms with Crippen LogP contribution in [0.3, 0.4) is 0 Å². The van der Waals surface area contributed by atoms with E-state index in [0.717, 1.165) is 6.08 Å². The molecule has 0 aromatic heterocycles. The molecule has 8 aliphatic carbocycles. The van der Waals surface area contributed by atoms with Crippen LogP contribution in [0.5, 0.6) is 0 Å². The molecule has 12 nitrogen and oxygen atoms in total. The van der Waals surface area contributed by atoms with Crippen molar-refractivity contribution in [3.05, 3.63) is 59.8 Å². The van der Waals surface area contributed by atoms with Crippen molar-refractivity contribution in [3.8, 4) is 0 Å². The molecular weight excluding hydrogens is 838 g/mol. The number of halogens is 3. The highest BCUT2D eigenvalue weighted by molar-refractivity contribution is 6.02. The highest BCUT2D eigenvalue weighted by atomic mass is 19.2. The van der Waals surface area contributed by atoms with Gasteiger partial charge in [-0.15, -0.1) is 0 Å². The van der Waals surface area contributed by atoms with Crippen molar-refractivity contribution in [1.29, 1.82) is 0 Å². The molecule has 7 N–H and O–H groups in total. The molecule has 16 atom stereocenters. The van der Waals surface area contributed by atoms with Crippen molar-refractivity contribution in [2.45, 2.75) is 141 Å². The van der Waals surface area contributed by atoms with E-state index in [4.69, 9.17) is 5.11 Å². The minimum Gasteiger partial charge on any atom is -0.481 e. The van der Waals surface area contributed by atoms with Crippen molar-refractivity contribution in [2.75, 3.05) is 13.2 Å². The van der Waals surface area contributed by atoms with Crippen molar-refractivity contribution in [1.82, 2.24) is 0 Å². The van der Waals surface area contributed by atoms with Crippen LogP contribution in [0.25, 0.3) is 0 Å². The maximum atomic E-state index is 16.9. The zero-order valence-electron chi connectivity index (χ0n) is 38.0. The van der Waals surface area contributed by atoms with Gasteiger partial charge < -0.3 is 35.7 Å². The number of hydrogen-bond donors (Lipinski definition) is 7. The number of fused-ring (bicyclic) bond motifs is 10. The molecule has 0 heterocycles. The van der Waals surface area contributed by atoms with Gasteiger partial charge in [0, 0.05) is 33.5 Å². The number of Topliss-reactive ketones (excluding diaryl/α,β-unsaturated/α-hetero) is 2. The molecule has 0 spiro atoms. The summed E-state index contributed by atoms with van der Waals surface area (Å²) >= 11 is 0. The minimum absolute atomic E-state index is 0.0409. The maximum absolute atomic E-state index is 16.9. The SMILES string of the molecule is C=C1C[C@H]2[C@@H]3CCC4=CC(=O)C=C[C@]4(C)[C@@]3(F)[C@@H](O)C[C@]2(C)[C@@]1(O)C(=O)CO.CC(C)(C)C(=O)O.C[C@@H]1C[C@H]2[C@@H]3C[C@H](F)C4=CC(=O)C=C[C@]4(C)[C@@]3(F)[C@@H](O)C[C@]2(C)[C@@]1(O)C(=O)CO. The Morgan fingerprint density at radius 3 is 1.81 bits per heavy atom. The lowest BCUT2D eigenvalue weighted by atomic mass is 9.44. The number of allylic oxidation sites excluding steroid dienone is 8. The van der Waals surface area contributed by atoms with Gasteiger partial charge in [0.15, 0.2) is 40.1 Å². The number of carbonyl (C=O) groups is 5. The third-order valence-corrected chi connectivity index (χ3v) is 17.8. The highest BCUT2D eigenvalue weighted by Crippen LogP contribution is 2.72. The van der Waals surface area contributed by atoms with Crippen molar-refractivity contribution in [3.63, 3.8) is 0 Å². The lowest BCUT2D eigenvalue weighted by molar-refractivity contribution is -0.223. The fraction of sp³-hybridized carbons (Fsp3) is 0.694. The quantitative estimate of drug-likeness (QED) is 0.189. The Labute approximate surface area is 372 Å². The third kappa shape index (κ3) is 6.40. The lowest BCUT2D eigenvalue weighted by Gasteiger charge is -2.63. The van der Waals surface area contributed by atoms with Crippen LogP contribution in [-0.2, 0) is 24.0 Å². The Bertz CT molecular complexity index is 2160. The number of alkyl halides is 3. The van der Waals surface area contributed by atoms with E-state index in [1.807, 2.05) is 0 Å². The number of carboxylic acid groups (broad SMARTS) is 1. The number of rotatable bonds is 4. The first-order valence-corrected chi connectivity index (χ1v) is 22.2. The highest BCUT2D eigenvalue weighted by Gasteiger charge is 2.77. The van der Waals surface area contributed by atoms with Crippen molar-refractivity contribution >= 4 is 29.1 Å². The second kappa shape index (κ2) is 15.8. The Morgan fingerprint density at radius 1 is 0.781 bits per heavy atom. The molecule has 0 aromatic rings. The van der Waals surface area contributed by atoms with Gasteiger partial charge in [0.05, 0.1) is 17.6 Å². The topological polar surface area (TPSA) is 227 Å². The van der Waals surface area contributed by atoms with E-state index in [2.05, 4.69) is 6.58 Å². The average molecular weight is 903 g/mol. The van der Waals surface area contributed by atoms with Crippen LogP contribution in [-0.4, -0.2) is 119 Å². The van der Waals surface area contributed by atoms with Gasteiger partial charge in [0.25, 0.3) is 0 Å². The van der Waals surface area contributed by atoms with Crippen LogP contribution in [0.15, 0.2) is 59.8 Å². The van der Waals surface area contributed by atoms with E-state index < -0.39 is 134 Å². The summed E-state index contributed by atoms with van der Waals surface area (Å²) in [5.41, 5.74) is -12.7. The second-order valence-corrected chi connectivity index (χ2v) is 21.8. The van der Waals surface area contributed by atoms with E-state index in [1.165, 1.54) is 31.2 Å². The summed E-state index contributed by atoms with van der Waals surface area (Å²) < 4.78 is 48.9. The van der Waals surface area contributed by atoms with Crippen LogP contribution in [0.2, 0.25) is 0 Å². The number of aliphatic carboxylic acids is 1. The molecule has 0 unspecified atom stereocenters. The standard InChI is InChI=1S/C22H28F2O5.C22H27FO5.C5H10O2/c1-11-6-13-14-8-16(23)15-7-12(26)4-5-19(15,2)21(14,24)17(27)9-20(13,3)22(11,29)18(28)10-25;1-12-8-16-15-5-4-13-9-14(25)6-7-19(13,2)21(15,23)17(26)10-20(16,3)22(12,28)18(27)11-24;1-5(2,3)4(6)7/h4-5,7,11,13-14,16-17,25,27,29H,6,8-10H2,1-3H3;6-7,9,15-17,24,26,28H,1,4-5,8,10-11H2,2-3H3;1-3H3,(H,6,7)/t11-,13+,14+,16+,17+,19+,20+,21+,22+;15-,16-,17-,19-,20-,21-,22-;/m10./s1. The molecule has 0 amide bonds. The molecule has 354 valence electrons. The fourth-order valence-corrected chi connectivity index (χ4v) is 14.1. The first-order valence-electron chi connectivity index (χ1n) is 22.2. The first kappa shape index (κ1) is 49.8. The number of aliphatic hydroxyl groups excluding tert-OH is 4. The zero-order chi connectivity index (χ0) is 48.3. The number of aliphatic hydroxyl groups is 6. The van der Waals surface area contributed by atoms with Crippen LogP contribution >= 0.6 is 0 Å². The maximum Gasteiger partial charge on any atom is 0.308 e. The number of ketones is 4. The molecule has 8 rings (SSSR count). The molecule has 6 fully saturated rings. The molecule has 6 saturated carbocycles. The van der Waals surface area contributed by atoms with Crippen LogP contribution < -0.4 is 0 Å². The Hall–Kier alpha value is -3.60. The van der Waals surface area contributed by atoms with Gasteiger partial charge in [-0.2, -0.15) is 0 Å². The van der Waals surface area contributed by atoms with Crippen molar-refractivity contribution < 1.29 is 72.9 Å². The summed E-state index contributed by atoms with van der Waals surface area (Å²) in [6.07, 6.45) is 4.44. The van der Waals surface area contributed by atoms with E-state index >= 15 is 13.2 Å². The second-order valence-electron chi connectivity index (χ2n) is 21.8. The molecule has 0 aromatic carbocycles. The van der Waals surface area contributed by atoms with E-state index in [1.54, 1.807) is 54.5 Å².